The Morgan fingerprint density at radius 3 is 2.73 bits per heavy atom. The molecule has 4 nitrogen and oxygen atoms in total. The zero-order valence-electron chi connectivity index (χ0n) is 16.2. The van der Waals surface area contributed by atoms with Gasteiger partial charge >= 0.3 is 0 Å². The zero-order chi connectivity index (χ0) is 18.1. The lowest BCUT2D eigenvalue weighted by molar-refractivity contribution is -0.142. The molecule has 0 unspecified atom stereocenters. The Morgan fingerprint density at radius 2 is 2.08 bits per heavy atom. The molecule has 0 bridgehead atoms. The van der Waals surface area contributed by atoms with Crippen LogP contribution in [0, 0.1) is 11.8 Å². The second-order valence-corrected chi connectivity index (χ2v) is 9.00. The molecule has 4 heteroatoms. The Bertz CT molecular complexity index is 635. The molecule has 2 saturated heterocycles. The van der Waals surface area contributed by atoms with Gasteiger partial charge in [-0.1, -0.05) is 38.1 Å². The summed E-state index contributed by atoms with van der Waals surface area (Å²) in [7, 11) is 0. The molecule has 3 fully saturated rings. The van der Waals surface area contributed by atoms with Gasteiger partial charge in [0, 0.05) is 24.5 Å². The lowest BCUT2D eigenvalue weighted by atomic mass is 9.68. The molecule has 2 heterocycles. The van der Waals surface area contributed by atoms with E-state index in [-0.39, 0.29) is 11.5 Å². The number of amides is 1. The fourth-order valence-corrected chi connectivity index (χ4v) is 4.96. The van der Waals surface area contributed by atoms with E-state index in [1.165, 1.54) is 11.1 Å². The molecule has 3 aliphatic rings. The maximum Gasteiger partial charge on any atom is 0.225 e. The molecular formula is C22H32N2O2. The minimum atomic E-state index is 0.107. The Labute approximate surface area is 157 Å². The summed E-state index contributed by atoms with van der Waals surface area (Å²) in [6.45, 7) is 7.77. The summed E-state index contributed by atoms with van der Waals surface area (Å²) in [4.78, 5) is 14.9. The molecular weight excluding hydrogens is 324 g/mol. The molecule has 0 aromatic heterocycles. The van der Waals surface area contributed by atoms with Crippen LogP contribution in [0.2, 0.25) is 0 Å². The van der Waals surface area contributed by atoms with Crippen molar-refractivity contribution in [3.05, 3.63) is 35.4 Å². The average molecular weight is 357 g/mol. The van der Waals surface area contributed by atoms with Gasteiger partial charge in [-0.3, -0.25) is 10.1 Å². The fraction of sp³-hybridized carbons (Fsp3) is 0.682. The summed E-state index contributed by atoms with van der Waals surface area (Å²) < 4.78 is 5.44. The molecule has 1 amide bonds. The molecule has 2 aliphatic heterocycles. The monoisotopic (exact) mass is 356 g/mol. The van der Waals surface area contributed by atoms with E-state index in [2.05, 4.69) is 48.3 Å². The van der Waals surface area contributed by atoms with Gasteiger partial charge in [-0.05, 0) is 55.1 Å². The summed E-state index contributed by atoms with van der Waals surface area (Å²) in [6.07, 6.45) is 5.23. The highest BCUT2D eigenvalue weighted by Gasteiger charge is 2.50. The number of piperidine rings is 1. The summed E-state index contributed by atoms with van der Waals surface area (Å²) in [5.41, 5.74) is 3.02. The number of benzene rings is 1. The molecule has 0 atom stereocenters. The Kier molecular flexibility index (Phi) is 5.07. The summed E-state index contributed by atoms with van der Waals surface area (Å²) in [5.74, 6) is 1.87. The Hall–Kier alpha value is -1.39. The van der Waals surface area contributed by atoms with Crippen LogP contribution in [0.4, 0.5) is 0 Å². The van der Waals surface area contributed by atoms with Crippen molar-refractivity contribution in [3.63, 3.8) is 0 Å². The second kappa shape index (κ2) is 7.32. The molecule has 1 aromatic carbocycles. The Morgan fingerprint density at radius 1 is 1.31 bits per heavy atom. The number of nitrogens with one attached hydrogen (secondary N) is 1. The van der Waals surface area contributed by atoms with Gasteiger partial charge in [-0.15, -0.1) is 0 Å². The van der Waals surface area contributed by atoms with Crippen molar-refractivity contribution in [2.24, 2.45) is 11.8 Å². The van der Waals surface area contributed by atoms with Gasteiger partial charge in [-0.2, -0.15) is 0 Å². The smallest absolute Gasteiger partial charge is 0.225 e. The number of rotatable bonds is 4. The maximum absolute atomic E-state index is 12.8. The van der Waals surface area contributed by atoms with Crippen molar-refractivity contribution in [1.82, 2.24) is 10.2 Å². The highest BCUT2D eigenvalue weighted by Crippen LogP contribution is 2.41. The van der Waals surface area contributed by atoms with Crippen LogP contribution in [0.3, 0.4) is 0 Å². The van der Waals surface area contributed by atoms with E-state index in [0.29, 0.717) is 24.5 Å². The lowest BCUT2D eigenvalue weighted by Gasteiger charge is -2.45. The van der Waals surface area contributed by atoms with Gasteiger partial charge in [-0.25, -0.2) is 0 Å². The SMILES string of the molecule is CC(C)Cc1cccc(C2CCN(C(=O)C3CC4(COCN4)C3)CC2)c1. The molecule has 142 valence electrons. The van der Waals surface area contributed by atoms with Gasteiger partial charge in [0.05, 0.1) is 13.3 Å². The van der Waals surface area contributed by atoms with E-state index in [1.807, 2.05) is 0 Å². The first-order valence-electron chi connectivity index (χ1n) is 10.2. The van der Waals surface area contributed by atoms with Crippen molar-refractivity contribution in [2.75, 3.05) is 26.4 Å². The van der Waals surface area contributed by atoms with Gasteiger partial charge < -0.3 is 9.64 Å². The largest absolute Gasteiger partial charge is 0.364 e. The number of likely N-dealkylation sites (tertiary alicyclic amines) is 1. The minimum absolute atomic E-state index is 0.107. The third-order valence-corrected chi connectivity index (χ3v) is 6.42. The van der Waals surface area contributed by atoms with E-state index in [0.717, 1.165) is 51.8 Å². The van der Waals surface area contributed by atoms with Crippen molar-refractivity contribution in [3.8, 4) is 0 Å². The van der Waals surface area contributed by atoms with E-state index < -0.39 is 0 Å². The van der Waals surface area contributed by atoms with Crippen molar-refractivity contribution < 1.29 is 9.53 Å². The second-order valence-electron chi connectivity index (χ2n) is 9.00. The molecule has 1 saturated carbocycles. The molecule has 1 aromatic rings. The van der Waals surface area contributed by atoms with Gasteiger partial charge in [0.15, 0.2) is 0 Å². The number of hydrogen-bond donors (Lipinski definition) is 1. The topological polar surface area (TPSA) is 41.6 Å². The lowest BCUT2D eigenvalue weighted by Crippen LogP contribution is -2.58. The van der Waals surface area contributed by atoms with Crippen LogP contribution in [-0.2, 0) is 16.0 Å². The van der Waals surface area contributed by atoms with Crippen molar-refractivity contribution in [2.45, 2.75) is 57.4 Å². The van der Waals surface area contributed by atoms with Crippen LogP contribution in [-0.4, -0.2) is 42.8 Å². The molecule has 26 heavy (non-hydrogen) atoms. The summed E-state index contributed by atoms with van der Waals surface area (Å²) >= 11 is 0. The quantitative estimate of drug-likeness (QED) is 0.900. The minimum Gasteiger partial charge on any atom is -0.364 e. The predicted molar refractivity (Wildman–Crippen MR) is 103 cm³/mol. The summed E-state index contributed by atoms with van der Waals surface area (Å²) in [5, 5.41) is 3.41. The van der Waals surface area contributed by atoms with Crippen LogP contribution in [0.1, 0.15) is 56.6 Å². The third-order valence-electron chi connectivity index (χ3n) is 6.42. The van der Waals surface area contributed by atoms with E-state index >= 15 is 0 Å². The number of hydrogen-bond acceptors (Lipinski definition) is 3. The van der Waals surface area contributed by atoms with Crippen LogP contribution in [0.25, 0.3) is 0 Å². The van der Waals surface area contributed by atoms with Gasteiger partial charge in [0.25, 0.3) is 0 Å². The van der Waals surface area contributed by atoms with Crippen LogP contribution in [0.5, 0.6) is 0 Å². The zero-order valence-corrected chi connectivity index (χ0v) is 16.2. The van der Waals surface area contributed by atoms with Crippen LogP contribution >= 0.6 is 0 Å². The number of nitrogens with zero attached hydrogens (tertiary/aromatic N) is 1. The predicted octanol–water partition coefficient (Wildman–Crippen LogP) is 3.32. The number of carbonyl (C=O) groups is 1. The summed E-state index contributed by atoms with van der Waals surface area (Å²) in [6, 6.07) is 9.11. The maximum atomic E-state index is 12.8. The van der Waals surface area contributed by atoms with Crippen LogP contribution < -0.4 is 5.32 Å². The average Bonchev–Trinajstić information content (AvgIpc) is 3.10. The van der Waals surface area contributed by atoms with Crippen molar-refractivity contribution >= 4 is 5.91 Å². The fourth-order valence-electron chi connectivity index (χ4n) is 4.96. The molecule has 0 radical (unpaired) electrons. The third kappa shape index (κ3) is 3.67. The molecule has 1 aliphatic carbocycles. The van der Waals surface area contributed by atoms with Crippen LogP contribution in [0.15, 0.2) is 24.3 Å². The van der Waals surface area contributed by atoms with E-state index in [1.54, 1.807) is 0 Å². The standard InChI is InChI=1S/C22H32N2O2/c1-16(2)10-17-4-3-5-19(11-17)18-6-8-24(9-7-18)21(25)20-12-22(13-20)14-26-15-23-22/h3-5,11,16,18,20,23H,6-10,12-15H2,1-2H3. The van der Waals surface area contributed by atoms with E-state index in [4.69, 9.17) is 4.74 Å². The number of carbonyl (C=O) groups excluding carboxylic acids is 1. The van der Waals surface area contributed by atoms with Gasteiger partial charge in [0.1, 0.15) is 0 Å². The molecule has 1 N–H and O–H groups in total. The highest BCUT2D eigenvalue weighted by molar-refractivity contribution is 5.80. The first-order chi connectivity index (χ1) is 12.5. The van der Waals surface area contributed by atoms with Crippen molar-refractivity contribution in [1.29, 1.82) is 0 Å². The first kappa shape index (κ1) is 18.0. The Balaban J connectivity index is 1.29. The highest BCUT2D eigenvalue weighted by atomic mass is 16.5. The van der Waals surface area contributed by atoms with E-state index in [9.17, 15) is 4.79 Å². The normalized spacial score (nSPS) is 29.3. The van der Waals surface area contributed by atoms with Gasteiger partial charge in [0.2, 0.25) is 5.91 Å². The number of ether oxygens (including phenoxy) is 1. The molecule has 1 spiro atoms. The first-order valence-corrected chi connectivity index (χ1v) is 10.2. The molecule has 4 rings (SSSR count).